The zero-order chi connectivity index (χ0) is 25.6. The molecule has 0 aliphatic carbocycles. The maximum atomic E-state index is 14.2. The van der Waals surface area contributed by atoms with Gasteiger partial charge in [-0.3, -0.25) is 0 Å². The van der Waals surface area contributed by atoms with Crippen molar-refractivity contribution in [3.05, 3.63) is 136 Å². The quantitative estimate of drug-likeness (QED) is 0.152. The molecule has 1 aromatic heterocycles. The first-order valence-corrected chi connectivity index (χ1v) is 13.4. The van der Waals surface area contributed by atoms with Gasteiger partial charge in [0.2, 0.25) is 0 Å². The molecule has 0 spiro atoms. The van der Waals surface area contributed by atoms with Crippen LogP contribution in [0.1, 0.15) is 34.2 Å². The molecular weight excluding hydrogens is 482 g/mol. The Morgan fingerprint density at radius 3 is 2.32 bits per heavy atom. The van der Waals surface area contributed by atoms with Gasteiger partial charge in [-0.05, 0) is 47.8 Å². The number of hydrogen-bond donors (Lipinski definition) is 1. The Kier molecular flexibility index (Phi) is 5.48. The topological polar surface area (TPSA) is 102 Å². The number of para-hydroxylation sites is 2. The van der Waals surface area contributed by atoms with Gasteiger partial charge in [-0.1, -0.05) is 89.5 Å². The van der Waals surface area contributed by atoms with Crippen LogP contribution in [-0.4, -0.2) is 13.4 Å². The van der Waals surface area contributed by atoms with E-state index in [1.54, 1.807) is 30.3 Å². The molecule has 6 rings (SSSR count). The third-order valence-corrected chi connectivity index (χ3v) is 8.65. The summed E-state index contributed by atoms with van der Waals surface area (Å²) in [6.07, 6.45) is 0. The van der Waals surface area contributed by atoms with Crippen molar-refractivity contribution in [2.75, 3.05) is 4.31 Å². The molecule has 5 aromatic rings. The van der Waals surface area contributed by atoms with E-state index in [-0.39, 0.29) is 4.90 Å². The monoisotopic (exact) mass is 505 g/mol. The summed E-state index contributed by atoms with van der Waals surface area (Å²) in [5.41, 5.74) is 14.3. The average molecular weight is 506 g/mol. The second kappa shape index (κ2) is 8.85. The number of aromatic amines is 1. The maximum absolute atomic E-state index is 14.2. The molecule has 1 N–H and O–H groups in total. The van der Waals surface area contributed by atoms with Crippen molar-refractivity contribution >= 4 is 32.4 Å². The molecular formula is C29H23N5O2S. The predicted molar refractivity (Wildman–Crippen MR) is 145 cm³/mol. The standard InChI is InChI=1S/C29H23N5O2S/c1-19-15-17-21(18-16-19)37(35,36)34-25-14-8-6-12-23(25)26(28(32-33-30)20-9-3-2-4-10-20)27-22-11-5-7-13-24(22)31-29(27)34/h2-18,26,28,31H,1H3/t26-,28+/m1/s1. The number of H-pyrrole nitrogens is 1. The highest BCUT2D eigenvalue weighted by molar-refractivity contribution is 7.93. The largest absolute Gasteiger partial charge is 0.340 e. The van der Waals surface area contributed by atoms with Crippen LogP contribution in [0.2, 0.25) is 0 Å². The molecule has 2 atom stereocenters. The number of aryl methyl sites for hydroxylation is 1. The number of aromatic nitrogens is 1. The van der Waals surface area contributed by atoms with E-state index in [1.165, 1.54) is 4.31 Å². The zero-order valence-electron chi connectivity index (χ0n) is 20.0. The van der Waals surface area contributed by atoms with Gasteiger partial charge in [0.25, 0.3) is 10.0 Å². The molecule has 37 heavy (non-hydrogen) atoms. The van der Waals surface area contributed by atoms with Crippen LogP contribution in [0, 0.1) is 6.92 Å². The smallest absolute Gasteiger partial charge is 0.269 e. The molecule has 2 heterocycles. The lowest BCUT2D eigenvalue weighted by molar-refractivity contribution is 0.591. The third kappa shape index (κ3) is 3.66. The number of anilines is 2. The Labute approximate surface area is 214 Å². The first-order valence-electron chi connectivity index (χ1n) is 11.9. The van der Waals surface area contributed by atoms with Gasteiger partial charge in [0, 0.05) is 27.3 Å². The normalized spacial score (nSPS) is 15.5. The number of rotatable bonds is 5. The van der Waals surface area contributed by atoms with Crippen LogP contribution >= 0.6 is 0 Å². The van der Waals surface area contributed by atoms with E-state index in [2.05, 4.69) is 15.0 Å². The summed E-state index contributed by atoms with van der Waals surface area (Å²) in [4.78, 5) is 6.79. The van der Waals surface area contributed by atoms with Gasteiger partial charge in [0.05, 0.1) is 16.6 Å². The number of fused-ring (bicyclic) bond motifs is 4. The molecule has 0 fully saturated rings. The van der Waals surface area contributed by atoms with Gasteiger partial charge in [-0.25, -0.2) is 12.7 Å². The predicted octanol–water partition coefficient (Wildman–Crippen LogP) is 7.50. The van der Waals surface area contributed by atoms with Gasteiger partial charge in [0.15, 0.2) is 0 Å². The molecule has 1 aliphatic heterocycles. The van der Waals surface area contributed by atoms with E-state index in [9.17, 15) is 13.9 Å². The van der Waals surface area contributed by atoms with E-state index >= 15 is 0 Å². The molecule has 0 amide bonds. The molecule has 0 bridgehead atoms. The fourth-order valence-corrected chi connectivity index (χ4v) is 6.76. The highest BCUT2D eigenvalue weighted by Gasteiger charge is 2.42. The second-order valence-electron chi connectivity index (χ2n) is 9.11. The summed E-state index contributed by atoms with van der Waals surface area (Å²) in [5.74, 6) is 0.0460. The molecule has 7 nitrogen and oxygen atoms in total. The Morgan fingerprint density at radius 1 is 0.892 bits per heavy atom. The van der Waals surface area contributed by atoms with Crippen molar-refractivity contribution in [3.8, 4) is 0 Å². The van der Waals surface area contributed by atoms with Crippen molar-refractivity contribution in [1.82, 2.24) is 4.98 Å². The van der Waals surface area contributed by atoms with Gasteiger partial charge in [0.1, 0.15) is 5.82 Å². The molecule has 8 heteroatoms. The van der Waals surface area contributed by atoms with Gasteiger partial charge in [-0.15, -0.1) is 0 Å². The zero-order valence-corrected chi connectivity index (χ0v) is 20.8. The number of nitrogens with zero attached hydrogens (tertiary/aromatic N) is 4. The summed E-state index contributed by atoms with van der Waals surface area (Å²) in [6, 6.07) is 31.1. The number of sulfonamides is 1. The van der Waals surface area contributed by atoms with E-state index in [4.69, 9.17) is 0 Å². The fourth-order valence-electron chi connectivity index (χ4n) is 5.26. The Bertz CT molecular complexity index is 1770. The van der Waals surface area contributed by atoms with Crippen molar-refractivity contribution in [2.24, 2.45) is 5.11 Å². The minimum atomic E-state index is -3.98. The van der Waals surface area contributed by atoms with Crippen LogP contribution in [-0.2, 0) is 10.0 Å². The SMILES string of the molecule is Cc1ccc(S(=O)(=O)N2c3ccccc3[C@@H]([C@@H](N=[N+]=[N-])c3ccccc3)c3c2[nH]c2ccccc32)cc1. The maximum Gasteiger partial charge on any atom is 0.269 e. The van der Waals surface area contributed by atoms with Crippen molar-refractivity contribution < 1.29 is 8.42 Å². The Morgan fingerprint density at radius 2 is 1.57 bits per heavy atom. The first kappa shape index (κ1) is 22.9. The van der Waals surface area contributed by atoms with Crippen LogP contribution in [0.15, 0.2) is 113 Å². The second-order valence-corrected chi connectivity index (χ2v) is 10.9. The van der Waals surface area contributed by atoms with E-state index in [1.807, 2.05) is 79.7 Å². The van der Waals surface area contributed by atoms with E-state index < -0.39 is 22.0 Å². The molecule has 4 aromatic carbocycles. The third-order valence-electron chi connectivity index (χ3n) is 6.92. The highest BCUT2D eigenvalue weighted by atomic mass is 32.2. The number of azide groups is 1. The Balaban J connectivity index is 1.68. The summed E-state index contributed by atoms with van der Waals surface area (Å²) in [5, 5.41) is 5.14. The van der Waals surface area contributed by atoms with Gasteiger partial charge >= 0.3 is 0 Å². The summed E-state index contributed by atoms with van der Waals surface area (Å²) < 4.78 is 29.8. The summed E-state index contributed by atoms with van der Waals surface area (Å²) >= 11 is 0. The Hall–Kier alpha value is -4.52. The molecule has 0 saturated heterocycles. The average Bonchev–Trinajstić information content (AvgIpc) is 3.30. The fraction of sp³-hybridized carbons (Fsp3) is 0.103. The summed E-state index contributed by atoms with van der Waals surface area (Å²) in [7, 11) is -3.98. The van der Waals surface area contributed by atoms with Crippen LogP contribution in [0.5, 0.6) is 0 Å². The van der Waals surface area contributed by atoms with Crippen LogP contribution in [0.4, 0.5) is 11.5 Å². The van der Waals surface area contributed by atoms with Crippen molar-refractivity contribution in [2.45, 2.75) is 23.8 Å². The van der Waals surface area contributed by atoms with Crippen LogP contribution < -0.4 is 4.31 Å². The lowest BCUT2D eigenvalue weighted by Crippen LogP contribution is -2.32. The van der Waals surface area contributed by atoms with Gasteiger partial charge < -0.3 is 4.98 Å². The highest BCUT2D eigenvalue weighted by Crippen LogP contribution is 2.55. The number of hydrogen-bond acceptors (Lipinski definition) is 3. The molecule has 0 saturated carbocycles. The minimum Gasteiger partial charge on any atom is -0.340 e. The molecule has 0 radical (unpaired) electrons. The van der Waals surface area contributed by atoms with Crippen LogP contribution in [0.3, 0.4) is 0 Å². The van der Waals surface area contributed by atoms with E-state index in [0.29, 0.717) is 11.5 Å². The molecule has 1 aliphatic rings. The lowest BCUT2D eigenvalue weighted by atomic mass is 9.79. The molecule has 0 unspecified atom stereocenters. The van der Waals surface area contributed by atoms with Crippen molar-refractivity contribution in [3.63, 3.8) is 0 Å². The lowest BCUT2D eigenvalue weighted by Gasteiger charge is -2.37. The minimum absolute atomic E-state index is 0.200. The molecule has 182 valence electrons. The van der Waals surface area contributed by atoms with Crippen LogP contribution in [0.25, 0.3) is 21.3 Å². The van der Waals surface area contributed by atoms with Gasteiger partial charge in [-0.2, -0.15) is 0 Å². The van der Waals surface area contributed by atoms with Crippen molar-refractivity contribution in [1.29, 1.82) is 0 Å². The van der Waals surface area contributed by atoms with E-state index in [0.717, 1.165) is 33.2 Å². The first-order chi connectivity index (χ1) is 18.0. The number of benzene rings is 4. The summed E-state index contributed by atoms with van der Waals surface area (Å²) in [6.45, 7) is 1.92. The number of nitrogens with one attached hydrogen (secondary N) is 1.